The van der Waals surface area contributed by atoms with Crippen molar-refractivity contribution >= 4 is 23.2 Å². The predicted molar refractivity (Wildman–Crippen MR) is 72.4 cm³/mol. The van der Waals surface area contributed by atoms with Crippen LogP contribution >= 0.6 is 11.6 Å². The lowest BCUT2D eigenvalue weighted by molar-refractivity contribution is -0.115. The van der Waals surface area contributed by atoms with Gasteiger partial charge in [-0.15, -0.1) is 0 Å². The first-order chi connectivity index (χ1) is 8.13. The van der Waals surface area contributed by atoms with Crippen molar-refractivity contribution < 1.29 is 4.79 Å². The molecule has 0 fully saturated rings. The van der Waals surface area contributed by atoms with Gasteiger partial charge in [-0.05, 0) is 24.6 Å². The zero-order valence-electron chi connectivity index (χ0n) is 10.3. The smallest absolute Gasteiger partial charge is 0.238 e. The molecule has 1 atom stereocenters. The van der Waals surface area contributed by atoms with Gasteiger partial charge in [-0.25, -0.2) is 0 Å². The number of carbonyl (C=O) groups is 1. The molecule has 0 spiro atoms. The fourth-order valence-corrected chi connectivity index (χ4v) is 1.52. The van der Waals surface area contributed by atoms with Crippen LogP contribution < -0.4 is 10.6 Å². The molecule has 0 saturated carbocycles. The lowest BCUT2D eigenvalue weighted by atomic mass is 10.1. The molecule has 1 unspecified atom stereocenters. The van der Waals surface area contributed by atoms with Crippen molar-refractivity contribution in [3.05, 3.63) is 29.3 Å². The summed E-state index contributed by atoms with van der Waals surface area (Å²) in [4.78, 5) is 11.6. The molecule has 0 aliphatic heterocycles. The lowest BCUT2D eigenvalue weighted by Gasteiger charge is -2.10. The van der Waals surface area contributed by atoms with Crippen molar-refractivity contribution in [2.24, 2.45) is 5.92 Å². The molecule has 0 aromatic heterocycles. The molecule has 0 aliphatic carbocycles. The Hall–Kier alpha value is -1.06. The van der Waals surface area contributed by atoms with Crippen molar-refractivity contribution in [2.75, 3.05) is 18.4 Å². The summed E-state index contributed by atoms with van der Waals surface area (Å²) in [6.07, 6.45) is 1.11. The number of nitrogens with one attached hydrogen (secondary N) is 2. The molecule has 0 aliphatic rings. The van der Waals surface area contributed by atoms with Crippen molar-refractivity contribution in [1.29, 1.82) is 0 Å². The molecular weight excluding hydrogens is 236 g/mol. The summed E-state index contributed by atoms with van der Waals surface area (Å²) in [6, 6.07) is 7.21. The summed E-state index contributed by atoms with van der Waals surface area (Å²) in [5.41, 5.74) is 0.657. The van der Waals surface area contributed by atoms with E-state index >= 15 is 0 Å². The second-order valence-electron chi connectivity index (χ2n) is 4.17. The van der Waals surface area contributed by atoms with Crippen LogP contribution in [-0.4, -0.2) is 19.0 Å². The molecule has 0 radical (unpaired) electrons. The first kappa shape index (κ1) is 14.0. The Labute approximate surface area is 108 Å². The van der Waals surface area contributed by atoms with E-state index in [4.69, 9.17) is 11.6 Å². The Bertz CT molecular complexity index is 368. The summed E-state index contributed by atoms with van der Waals surface area (Å²) in [5, 5.41) is 6.45. The average Bonchev–Trinajstić information content (AvgIpc) is 2.32. The summed E-state index contributed by atoms with van der Waals surface area (Å²) in [5.74, 6) is 0.518. The quantitative estimate of drug-likeness (QED) is 0.820. The molecule has 17 heavy (non-hydrogen) atoms. The van der Waals surface area contributed by atoms with Gasteiger partial charge in [-0.2, -0.15) is 0 Å². The maximum absolute atomic E-state index is 11.6. The Morgan fingerprint density at radius 3 is 2.76 bits per heavy atom. The van der Waals surface area contributed by atoms with Crippen LogP contribution in [0.4, 0.5) is 5.69 Å². The number of hydrogen-bond acceptors (Lipinski definition) is 2. The summed E-state index contributed by atoms with van der Waals surface area (Å²) < 4.78 is 0. The third kappa shape index (κ3) is 5.20. The van der Waals surface area contributed by atoms with Gasteiger partial charge in [0.25, 0.3) is 0 Å². The second kappa shape index (κ2) is 7.30. The van der Waals surface area contributed by atoms with Gasteiger partial charge in [0.1, 0.15) is 0 Å². The van der Waals surface area contributed by atoms with Gasteiger partial charge in [0.2, 0.25) is 5.91 Å². The number of amides is 1. The number of carbonyl (C=O) groups excluding carboxylic acids is 1. The van der Waals surface area contributed by atoms with Crippen molar-refractivity contribution in [3.63, 3.8) is 0 Å². The van der Waals surface area contributed by atoms with E-state index < -0.39 is 0 Å². The van der Waals surface area contributed by atoms with E-state index in [1.54, 1.807) is 12.1 Å². The Morgan fingerprint density at radius 1 is 1.41 bits per heavy atom. The second-order valence-corrected chi connectivity index (χ2v) is 4.58. The van der Waals surface area contributed by atoms with Crippen LogP contribution in [-0.2, 0) is 4.79 Å². The van der Waals surface area contributed by atoms with Gasteiger partial charge < -0.3 is 10.6 Å². The summed E-state index contributed by atoms with van der Waals surface area (Å²) >= 11 is 5.94. The van der Waals surface area contributed by atoms with E-state index in [1.165, 1.54) is 0 Å². The van der Waals surface area contributed by atoms with Crippen LogP contribution in [0.5, 0.6) is 0 Å². The van der Waals surface area contributed by atoms with Gasteiger partial charge >= 0.3 is 0 Å². The highest BCUT2D eigenvalue weighted by atomic mass is 35.5. The molecule has 0 bridgehead atoms. The van der Waals surface area contributed by atoms with E-state index in [9.17, 15) is 4.79 Å². The van der Waals surface area contributed by atoms with Gasteiger partial charge in [-0.3, -0.25) is 4.79 Å². The molecule has 1 aromatic rings. The highest BCUT2D eigenvalue weighted by molar-refractivity contribution is 6.33. The van der Waals surface area contributed by atoms with Crippen molar-refractivity contribution in [3.8, 4) is 0 Å². The molecular formula is C13H19ClN2O. The minimum Gasteiger partial charge on any atom is -0.324 e. The maximum atomic E-state index is 11.6. The maximum Gasteiger partial charge on any atom is 0.238 e. The van der Waals surface area contributed by atoms with Crippen molar-refractivity contribution in [2.45, 2.75) is 20.3 Å². The minimum absolute atomic E-state index is 0.0681. The van der Waals surface area contributed by atoms with Gasteiger partial charge in [0, 0.05) is 0 Å². The van der Waals surface area contributed by atoms with E-state index in [2.05, 4.69) is 24.5 Å². The van der Waals surface area contributed by atoms with Crippen LogP contribution in [0, 0.1) is 5.92 Å². The number of benzene rings is 1. The van der Waals surface area contributed by atoms with E-state index in [0.29, 0.717) is 23.2 Å². The van der Waals surface area contributed by atoms with Crippen molar-refractivity contribution in [1.82, 2.24) is 5.32 Å². The fraction of sp³-hybridized carbons (Fsp3) is 0.462. The Kier molecular flexibility index (Phi) is 6.01. The third-order valence-electron chi connectivity index (χ3n) is 2.62. The number of halogens is 1. The van der Waals surface area contributed by atoms with Crippen LogP contribution in [0.25, 0.3) is 0 Å². The molecule has 3 nitrogen and oxygen atoms in total. The van der Waals surface area contributed by atoms with Gasteiger partial charge in [0.05, 0.1) is 17.3 Å². The van der Waals surface area contributed by atoms with Crippen LogP contribution in [0.15, 0.2) is 24.3 Å². The number of anilines is 1. The van der Waals surface area contributed by atoms with Crippen LogP contribution in [0.1, 0.15) is 20.3 Å². The first-order valence-electron chi connectivity index (χ1n) is 5.88. The normalized spacial score (nSPS) is 12.2. The topological polar surface area (TPSA) is 41.1 Å². The fourth-order valence-electron chi connectivity index (χ4n) is 1.33. The predicted octanol–water partition coefficient (Wildman–Crippen LogP) is 2.91. The zero-order valence-corrected chi connectivity index (χ0v) is 11.1. The third-order valence-corrected chi connectivity index (χ3v) is 2.95. The Morgan fingerprint density at radius 2 is 2.12 bits per heavy atom. The van der Waals surface area contributed by atoms with E-state index in [-0.39, 0.29) is 5.91 Å². The number of para-hydroxylation sites is 1. The molecule has 4 heteroatoms. The Balaban J connectivity index is 2.33. The van der Waals surface area contributed by atoms with Crippen LogP contribution in [0.3, 0.4) is 0 Å². The number of rotatable bonds is 6. The lowest BCUT2D eigenvalue weighted by Crippen LogP contribution is -2.31. The molecule has 0 saturated heterocycles. The first-order valence-corrected chi connectivity index (χ1v) is 6.26. The molecule has 1 amide bonds. The monoisotopic (exact) mass is 254 g/mol. The van der Waals surface area contributed by atoms with Crippen LogP contribution in [0.2, 0.25) is 5.02 Å². The SMILES string of the molecule is CCC(C)CNCC(=O)Nc1ccccc1Cl. The summed E-state index contributed by atoms with van der Waals surface area (Å²) in [6.45, 7) is 5.46. The summed E-state index contributed by atoms with van der Waals surface area (Å²) in [7, 11) is 0. The molecule has 2 N–H and O–H groups in total. The van der Waals surface area contributed by atoms with E-state index in [1.807, 2.05) is 12.1 Å². The van der Waals surface area contributed by atoms with E-state index in [0.717, 1.165) is 13.0 Å². The largest absolute Gasteiger partial charge is 0.324 e. The van der Waals surface area contributed by atoms with Gasteiger partial charge in [0.15, 0.2) is 0 Å². The minimum atomic E-state index is -0.0681. The molecule has 1 rings (SSSR count). The highest BCUT2D eigenvalue weighted by Crippen LogP contribution is 2.19. The van der Waals surface area contributed by atoms with Gasteiger partial charge in [-0.1, -0.05) is 44.0 Å². The average molecular weight is 255 g/mol. The molecule has 94 valence electrons. The molecule has 1 aromatic carbocycles. The zero-order chi connectivity index (χ0) is 12.7. The number of hydrogen-bond donors (Lipinski definition) is 2. The highest BCUT2D eigenvalue weighted by Gasteiger charge is 2.05. The molecule has 0 heterocycles. The standard InChI is InChI=1S/C13H19ClN2O/c1-3-10(2)8-15-9-13(17)16-12-7-5-4-6-11(12)14/h4-7,10,15H,3,8-9H2,1-2H3,(H,16,17).